The van der Waals surface area contributed by atoms with E-state index in [1.165, 1.54) is 0 Å². The maximum absolute atomic E-state index is 12.8. The lowest BCUT2D eigenvalue weighted by molar-refractivity contribution is -0.183. The van der Waals surface area contributed by atoms with Gasteiger partial charge in [0.05, 0.1) is 17.3 Å². The monoisotopic (exact) mass is 368 g/mol. The molecule has 2 fully saturated rings. The Labute approximate surface area is 158 Å². The second-order valence-electron chi connectivity index (χ2n) is 7.11. The average Bonchev–Trinajstić information content (AvgIpc) is 2.75. The Morgan fingerprint density at radius 3 is 2.70 bits per heavy atom. The number of likely N-dealkylation sites (tertiary alicyclic amines) is 1. The largest absolute Gasteiger partial charge is 0.378 e. The summed E-state index contributed by atoms with van der Waals surface area (Å²) in [5.74, 6) is 0.531. The summed E-state index contributed by atoms with van der Waals surface area (Å²) >= 11 is 0. The number of amides is 1. The summed E-state index contributed by atoms with van der Waals surface area (Å²) in [7, 11) is 1.75. The van der Waals surface area contributed by atoms with Gasteiger partial charge >= 0.3 is 0 Å². The second-order valence-corrected chi connectivity index (χ2v) is 7.11. The van der Waals surface area contributed by atoms with Crippen molar-refractivity contribution in [1.82, 2.24) is 19.9 Å². The lowest BCUT2D eigenvalue weighted by Crippen LogP contribution is -2.56. The van der Waals surface area contributed by atoms with Crippen molar-refractivity contribution in [2.24, 2.45) is 0 Å². The Kier molecular flexibility index (Phi) is 5.13. The van der Waals surface area contributed by atoms with Crippen LogP contribution in [0, 0.1) is 0 Å². The molecule has 2 aliphatic rings. The number of piperidine rings is 1. The van der Waals surface area contributed by atoms with Crippen LogP contribution in [0.2, 0.25) is 0 Å². The first kappa shape index (κ1) is 18.0. The van der Waals surface area contributed by atoms with E-state index in [0.717, 1.165) is 37.9 Å². The van der Waals surface area contributed by atoms with Crippen molar-refractivity contribution in [3.05, 3.63) is 42.5 Å². The molecule has 4 rings (SSSR count). The van der Waals surface area contributed by atoms with E-state index in [1.54, 1.807) is 31.9 Å². The Morgan fingerprint density at radius 2 is 2.04 bits per heavy atom. The second kappa shape index (κ2) is 7.70. The van der Waals surface area contributed by atoms with Gasteiger partial charge in [-0.25, -0.2) is 9.97 Å². The summed E-state index contributed by atoms with van der Waals surface area (Å²) in [4.78, 5) is 27.4. The number of ether oxygens (including phenoxy) is 2. The number of carbonyl (C=O) groups is 1. The molecule has 2 aromatic rings. The highest BCUT2D eigenvalue weighted by Crippen LogP contribution is 2.37. The molecule has 7 nitrogen and oxygen atoms in total. The standard InChI is InChI=1S/C20H24N4O3/c1-26-17-5-3-11-27-20(17)6-9-24(10-7-20)19(25)16-13-22-18(23-14-16)15-4-2-8-21-12-15/h2,4,8,12-14,17H,3,5-7,9-11H2,1H3/t17-/m1/s1. The van der Waals surface area contributed by atoms with Gasteiger partial charge in [0.15, 0.2) is 5.82 Å². The van der Waals surface area contributed by atoms with Gasteiger partial charge in [0.2, 0.25) is 0 Å². The molecule has 0 aliphatic carbocycles. The van der Waals surface area contributed by atoms with Gasteiger partial charge in [0.1, 0.15) is 0 Å². The predicted molar refractivity (Wildman–Crippen MR) is 99.1 cm³/mol. The van der Waals surface area contributed by atoms with Crippen molar-refractivity contribution in [1.29, 1.82) is 0 Å². The smallest absolute Gasteiger partial charge is 0.256 e. The first-order valence-corrected chi connectivity index (χ1v) is 9.40. The third-order valence-electron chi connectivity index (χ3n) is 5.59. The molecule has 0 N–H and O–H groups in total. The highest BCUT2D eigenvalue weighted by Gasteiger charge is 2.45. The van der Waals surface area contributed by atoms with Gasteiger partial charge in [-0.05, 0) is 37.8 Å². The Morgan fingerprint density at radius 1 is 1.26 bits per heavy atom. The molecule has 1 atom stereocenters. The number of hydrogen-bond acceptors (Lipinski definition) is 6. The number of rotatable bonds is 3. The van der Waals surface area contributed by atoms with E-state index in [-0.39, 0.29) is 17.6 Å². The molecule has 1 spiro atoms. The zero-order valence-corrected chi connectivity index (χ0v) is 15.5. The molecule has 7 heteroatoms. The van der Waals surface area contributed by atoms with Crippen LogP contribution in [0.25, 0.3) is 11.4 Å². The first-order chi connectivity index (χ1) is 13.2. The summed E-state index contributed by atoms with van der Waals surface area (Å²) in [6.07, 6.45) is 10.4. The van der Waals surface area contributed by atoms with Crippen LogP contribution < -0.4 is 0 Å². The van der Waals surface area contributed by atoms with Gasteiger partial charge in [-0.15, -0.1) is 0 Å². The number of pyridine rings is 1. The van der Waals surface area contributed by atoms with Crippen LogP contribution in [0.3, 0.4) is 0 Å². The lowest BCUT2D eigenvalue weighted by atomic mass is 9.81. The van der Waals surface area contributed by atoms with Crippen molar-refractivity contribution >= 4 is 5.91 Å². The summed E-state index contributed by atoms with van der Waals surface area (Å²) < 4.78 is 11.8. The normalized spacial score (nSPS) is 22.0. The Balaban J connectivity index is 1.42. The topological polar surface area (TPSA) is 77.4 Å². The summed E-state index contributed by atoms with van der Waals surface area (Å²) in [5.41, 5.74) is 1.09. The van der Waals surface area contributed by atoms with E-state index in [2.05, 4.69) is 15.0 Å². The molecule has 2 aliphatic heterocycles. The summed E-state index contributed by atoms with van der Waals surface area (Å²) in [6.45, 7) is 2.09. The molecule has 1 amide bonds. The van der Waals surface area contributed by atoms with Gasteiger partial charge in [-0.1, -0.05) is 0 Å². The van der Waals surface area contributed by atoms with Crippen LogP contribution in [0.4, 0.5) is 0 Å². The minimum absolute atomic E-state index is 0.0348. The molecule has 2 saturated heterocycles. The number of aromatic nitrogens is 3. The van der Waals surface area contributed by atoms with Crippen LogP contribution in [-0.4, -0.2) is 64.3 Å². The number of carbonyl (C=O) groups excluding carboxylic acids is 1. The first-order valence-electron chi connectivity index (χ1n) is 9.40. The van der Waals surface area contributed by atoms with Gasteiger partial charge in [-0.2, -0.15) is 0 Å². The highest BCUT2D eigenvalue weighted by molar-refractivity contribution is 5.93. The number of hydrogen-bond donors (Lipinski definition) is 0. The maximum atomic E-state index is 12.8. The van der Waals surface area contributed by atoms with Gasteiger partial charge < -0.3 is 14.4 Å². The minimum atomic E-state index is -0.246. The van der Waals surface area contributed by atoms with Crippen LogP contribution in [0.1, 0.15) is 36.0 Å². The molecular weight excluding hydrogens is 344 g/mol. The third-order valence-corrected chi connectivity index (χ3v) is 5.59. The van der Waals surface area contributed by atoms with Gasteiger partial charge in [-0.3, -0.25) is 9.78 Å². The van der Waals surface area contributed by atoms with Crippen molar-refractivity contribution in [3.8, 4) is 11.4 Å². The average molecular weight is 368 g/mol. The zero-order chi connectivity index (χ0) is 18.7. The molecule has 0 aromatic carbocycles. The van der Waals surface area contributed by atoms with Crippen LogP contribution >= 0.6 is 0 Å². The summed E-state index contributed by atoms with van der Waals surface area (Å²) in [5, 5.41) is 0. The van der Waals surface area contributed by atoms with E-state index < -0.39 is 0 Å². The maximum Gasteiger partial charge on any atom is 0.256 e. The van der Waals surface area contributed by atoms with E-state index in [1.807, 2.05) is 17.0 Å². The number of nitrogens with zero attached hydrogens (tertiary/aromatic N) is 4. The lowest BCUT2D eigenvalue weighted by Gasteiger charge is -2.48. The fraction of sp³-hybridized carbons (Fsp3) is 0.500. The fourth-order valence-corrected chi connectivity index (χ4v) is 4.05. The van der Waals surface area contributed by atoms with Crippen LogP contribution in [0.5, 0.6) is 0 Å². The predicted octanol–water partition coefficient (Wildman–Crippen LogP) is 2.34. The van der Waals surface area contributed by atoms with Crippen molar-refractivity contribution in [2.45, 2.75) is 37.4 Å². The third kappa shape index (κ3) is 3.57. The Hall–Kier alpha value is -2.38. The zero-order valence-electron chi connectivity index (χ0n) is 15.5. The highest BCUT2D eigenvalue weighted by atomic mass is 16.5. The molecule has 0 unspecified atom stereocenters. The molecule has 0 radical (unpaired) electrons. The minimum Gasteiger partial charge on any atom is -0.378 e. The van der Waals surface area contributed by atoms with Gasteiger partial charge in [0, 0.05) is 57.2 Å². The Bertz CT molecular complexity index is 774. The quantitative estimate of drug-likeness (QED) is 0.828. The van der Waals surface area contributed by atoms with Crippen molar-refractivity contribution in [2.75, 3.05) is 26.8 Å². The van der Waals surface area contributed by atoms with Crippen LogP contribution in [-0.2, 0) is 9.47 Å². The van der Waals surface area contributed by atoms with Crippen molar-refractivity contribution in [3.63, 3.8) is 0 Å². The van der Waals surface area contributed by atoms with Crippen molar-refractivity contribution < 1.29 is 14.3 Å². The molecule has 27 heavy (non-hydrogen) atoms. The number of methoxy groups -OCH3 is 1. The SMILES string of the molecule is CO[C@@H]1CCCOC12CCN(C(=O)c1cnc(-c3cccnc3)nc1)CC2. The van der Waals surface area contributed by atoms with Crippen LogP contribution in [0.15, 0.2) is 36.9 Å². The molecule has 4 heterocycles. The van der Waals surface area contributed by atoms with E-state index in [0.29, 0.717) is 24.5 Å². The molecule has 2 aromatic heterocycles. The molecule has 142 valence electrons. The van der Waals surface area contributed by atoms with E-state index in [9.17, 15) is 4.79 Å². The van der Waals surface area contributed by atoms with E-state index >= 15 is 0 Å². The molecular formula is C20H24N4O3. The molecule has 0 bridgehead atoms. The fourth-order valence-electron chi connectivity index (χ4n) is 4.05. The van der Waals surface area contributed by atoms with E-state index in [4.69, 9.17) is 9.47 Å². The summed E-state index contributed by atoms with van der Waals surface area (Å²) in [6, 6.07) is 3.73. The molecule has 0 saturated carbocycles. The van der Waals surface area contributed by atoms with Gasteiger partial charge in [0.25, 0.3) is 5.91 Å².